The first-order valence-corrected chi connectivity index (χ1v) is 6.50. The monoisotopic (exact) mass is 264 g/mol. The molecule has 0 bridgehead atoms. The van der Waals surface area contributed by atoms with Crippen LogP contribution in [0.1, 0.15) is 40.0 Å². The Kier molecular flexibility index (Phi) is 5.10. The van der Waals surface area contributed by atoms with Gasteiger partial charge in [-0.25, -0.2) is 4.79 Å². The molecule has 0 fully saturated rings. The Bertz CT molecular complexity index is 457. The third-order valence-electron chi connectivity index (χ3n) is 2.88. The molecule has 0 aliphatic carbocycles. The number of hydrogen-bond acceptors (Lipinski definition) is 3. The SMILES string of the molecule is CCC=CC=CC1(C)OC(CCC)=C(C(=O)O)C1=O. The molecule has 4 nitrogen and oxygen atoms in total. The number of carboxylic acids is 1. The Balaban J connectivity index is 2.99. The van der Waals surface area contributed by atoms with Crippen molar-refractivity contribution in [3.8, 4) is 0 Å². The Labute approximate surface area is 113 Å². The zero-order valence-corrected chi connectivity index (χ0v) is 11.6. The third kappa shape index (κ3) is 3.34. The zero-order chi connectivity index (χ0) is 14.5. The van der Waals surface area contributed by atoms with Crippen molar-refractivity contribution in [2.75, 3.05) is 0 Å². The normalized spacial score (nSPS) is 23.6. The van der Waals surface area contributed by atoms with Crippen molar-refractivity contribution >= 4 is 11.8 Å². The highest BCUT2D eigenvalue weighted by Gasteiger charge is 2.46. The highest BCUT2D eigenvalue weighted by atomic mass is 16.5. The van der Waals surface area contributed by atoms with Crippen LogP contribution in [-0.2, 0) is 14.3 Å². The van der Waals surface area contributed by atoms with Crippen molar-refractivity contribution in [2.24, 2.45) is 0 Å². The lowest BCUT2D eigenvalue weighted by Gasteiger charge is -2.19. The number of ether oxygens (including phenoxy) is 1. The number of rotatable bonds is 6. The molecule has 0 saturated carbocycles. The maximum Gasteiger partial charge on any atom is 0.342 e. The molecule has 0 spiro atoms. The van der Waals surface area contributed by atoms with Gasteiger partial charge in [-0.3, -0.25) is 4.79 Å². The highest BCUT2D eigenvalue weighted by molar-refractivity contribution is 6.22. The van der Waals surface area contributed by atoms with E-state index in [0.29, 0.717) is 6.42 Å². The molecule has 4 heteroatoms. The predicted octanol–water partition coefficient (Wildman–Crippen LogP) is 3.01. The van der Waals surface area contributed by atoms with Gasteiger partial charge in [0.15, 0.2) is 5.60 Å². The van der Waals surface area contributed by atoms with Gasteiger partial charge >= 0.3 is 5.97 Å². The molecule has 1 N–H and O–H groups in total. The summed E-state index contributed by atoms with van der Waals surface area (Å²) in [6, 6.07) is 0. The number of aliphatic carboxylic acids is 1. The molecule has 0 aromatic carbocycles. The molecular weight excluding hydrogens is 244 g/mol. The quantitative estimate of drug-likeness (QED) is 0.591. The molecule has 1 rings (SSSR count). The largest absolute Gasteiger partial charge is 0.479 e. The van der Waals surface area contributed by atoms with Crippen LogP contribution >= 0.6 is 0 Å². The van der Waals surface area contributed by atoms with Crippen molar-refractivity contribution < 1.29 is 19.4 Å². The van der Waals surface area contributed by atoms with Crippen LogP contribution in [0.5, 0.6) is 0 Å². The van der Waals surface area contributed by atoms with Crippen LogP contribution in [0.3, 0.4) is 0 Å². The van der Waals surface area contributed by atoms with Gasteiger partial charge in [0.25, 0.3) is 0 Å². The molecule has 104 valence electrons. The van der Waals surface area contributed by atoms with Gasteiger partial charge < -0.3 is 9.84 Å². The maximum atomic E-state index is 12.2. The average molecular weight is 264 g/mol. The fourth-order valence-electron chi connectivity index (χ4n) is 1.91. The Morgan fingerprint density at radius 2 is 2.05 bits per heavy atom. The lowest BCUT2D eigenvalue weighted by Crippen LogP contribution is -2.32. The van der Waals surface area contributed by atoms with E-state index in [1.54, 1.807) is 19.1 Å². The van der Waals surface area contributed by atoms with Crippen molar-refractivity contribution in [1.29, 1.82) is 0 Å². The van der Waals surface area contributed by atoms with Gasteiger partial charge in [0.2, 0.25) is 5.78 Å². The number of carbonyl (C=O) groups is 2. The van der Waals surface area contributed by atoms with Gasteiger partial charge in [0, 0.05) is 6.42 Å². The zero-order valence-electron chi connectivity index (χ0n) is 11.6. The molecule has 19 heavy (non-hydrogen) atoms. The molecular formula is C15H20O4. The van der Waals surface area contributed by atoms with Gasteiger partial charge in [-0.1, -0.05) is 32.1 Å². The number of allylic oxidation sites excluding steroid dienone is 4. The summed E-state index contributed by atoms with van der Waals surface area (Å²) in [6.45, 7) is 5.51. The summed E-state index contributed by atoms with van der Waals surface area (Å²) < 4.78 is 5.58. The molecule has 1 aliphatic rings. The van der Waals surface area contributed by atoms with Crippen molar-refractivity contribution in [3.63, 3.8) is 0 Å². The minimum atomic E-state index is -1.21. The van der Waals surface area contributed by atoms with Gasteiger partial charge in [-0.05, 0) is 25.8 Å². The maximum absolute atomic E-state index is 12.2. The standard InChI is InChI=1S/C15H20O4/c1-4-6-7-8-10-15(3)13(16)12(14(17)18)11(19-15)9-5-2/h6-8,10H,4-5,9H2,1-3H3,(H,17,18). The van der Waals surface area contributed by atoms with Gasteiger partial charge in [0.1, 0.15) is 11.3 Å². The summed E-state index contributed by atoms with van der Waals surface area (Å²) in [4.78, 5) is 23.3. The van der Waals surface area contributed by atoms with Gasteiger partial charge in [-0.15, -0.1) is 0 Å². The van der Waals surface area contributed by atoms with E-state index >= 15 is 0 Å². The molecule has 0 radical (unpaired) electrons. The summed E-state index contributed by atoms with van der Waals surface area (Å²) >= 11 is 0. The fraction of sp³-hybridized carbons (Fsp3) is 0.467. The molecule has 0 aromatic heterocycles. The number of hydrogen-bond donors (Lipinski definition) is 1. The second-order valence-electron chi connectivity index (χ2n) is 4.59. The Morgan fingerprint density at radius 3 is 2.58 bits per heavy atom. The van der Waals surface area contributed by atoms with Gasteiger partial charge in [0.05, 0.1) is 0 Å². The van der Waals surface area contributed by atoms with Crippen molar-refractivity contribution in [2.45, 2.75) is 45.6 Å². The van der Waals surface area contributed by atoms with Crippen molar-refractivity contribution in [3.05, 3.63) is 35.6 Å². The lowest BCUT2D eigenvalue weighted by molar-refractivity contribution is -0.135. The number of ketones is 1. The van der Waals surface area contributed by atoms with Crippen LogP contribution in [0.2, 0.25) is 0 Å². The molecule has 1 heterocycles. The topological polar surface area (TPSA) is 63.6 Å². The molecule has 0 saturated heterocycles. The number of carboxylic acid groups (broad SMARTS) is 1. The minimum Gasteiger partial charge on any atom is -0.479 e. The number of Topliss-reactive ketones (excluding diaryl/α,β-unsaturated/α-hetero) is 1. The summed E-state index contributed by atoms with van der Waals surface area (Å²) in [6.07, 6.45) is 9.17. The first-order valence-electron chi connectivity index (χ1n) is 6.50. The summed E-state index contributed by atoms with van der Waals surface area (Å²) in [5, 5.41) is 9.13. The molecule has 0 amide bonds. The van der Waals surface area contributed by atoms with E-state index in [4.69, 9.17) is 9.84 Å². The summed E-state index contributed by atoms with van der Waals surface area (Å²) in [7, 11) is 0. The highest BCUT2D eigenvalue weighted by Crippen LogP contribution is 2.34. The first-order chi connectivity index (χ1) is 8.96. The van der Waals surface area contributed by atoms with E-state index in [9.17, 15) is 9.59 Å². The second kappa shape index (κ2) is 6.36. The molecule has 1 atom stereocenters. The van der Waals surface area contributed by atoms with E-state index in [-0.39, 0.29) is 11.3 Å². The average Bonchev–Trinajstić information content (AvgIpc) is 2.58. The van der Waals surface area contributed by atoms with E-state index in [1.165, 1.54) is 0 Å². The van der Waals surface area contributed by atoms with Gasteiger partial charge in [-0.2, -0.15) is 0 Å². The van der Waals surface area contributed by atoms with E-state index in [1.807, 2.05) is 26.0 Å². The van der Waals surface area contributed by atoms with Crippen LogP contribution in [0.15, 0.2) is 35.6 Å². The van der Waals surface area contributed by atoms with Crippen LogP contribution in [0.4, 0.5) is 0 Å². The van der Waals surface area contributed by atoms with E-state index < -0.39 is 17.4 Å². The minimum absolute atomic E-state index is 0.214. The van der Waals surface area contributed by atoms with Crippen LogP contribution in [-0.4, -0.2) is 22.5 Å². The lowest BCUT2D eigenvalue weighted by atomic mass is 9.96. The molecule has 0 aromatic rings. The summed E-state index contributed by atoms with van der Waals surface area (Å²) in [5.41, 5.74) is -1.41. The first kappa shape index (κ1) is 15.2. The second-order valence-corrected chi connectivity index (χ2v) is 4.59. The Morgan fingerprint density at radius 1 is 1.37 bits per heavy atom. The number of carbonyl (C=O) groups excluding carboxylic acids is 1. The smallest absolute Gasteiger partial charge is 0.342 e. The van der Waals surface area contributed by atoms with Crippen molar-refractivity contribution in [1.82, 2.24) is 0 Å². The Hall–Kier alpha value is -1.84. The van der Waals surface area contributed by atoms with Crippen LogP contribution in [0.25, 0.3) is 0 Å². The van der Waals surface area contributed by atoms with Crippen LogP contribution < -0.4 is 0 Å². The molecule has 1 unspecified atom stereocenters. The van der Waals surface area contributed by atoms with E-state index in [0.717, 1.165) is 12.8 Å². The van der Waals surface area contributed by atoms with Crippen LogP contribution in [0, 0.1) is 0 Å². The summed E-state index contributed by atoms with van der Waals surface area (Å²) in [5.74, 6) is -1.41. The fourth-order valence-corrected chi connectivity index (χ4v) is 1.91. The predicted molar refractivity (Wildman–Crippen MR) is 72.6 cm³/mol. The third-order valence-corrected chi connectivity index (χ3v) is 2.88. The van der Waals surface area contributed by atoms with E-state index in [2.05, 4.69) is 0 Å². The molecule has 1 aliphatic heterocycles.